The molecular weight excluding hydrogens is 416 g/mol. The molecular formula is C22H24N4O4S. The van der Waals surface area contributed by atoms with Crippen LogP contribution in [-0.2, 0) is 14.8 Å². The molecule has 1 saturated heterocycles. The molecule has 2 aromatic carbocycles. The second-order valence-electron chi connectivity index (χ2n) is 7.22. The summed E-state index contributed by atoms with van der Waals surface area (Å²) >= 11 is 0. The third-order valence-electron chi connectivity index (χ3n) is 5.00. The second-order valence-corrected chi connectivity index (χ2v) is 8.87. The molecule has 162 valence electrons. The fourth-order valence-electron chi connectivity index (χ4n) is 3.39. The van der Waals surface area contributed by atoms with E-state index in [1.165, 1.54) is 7.11 Å². The SMILES string of the molecule is COc1ccc(C)cc1S(=O)(=O)Nc1cccc(-c2ccc(N3CCOCC3)nn2)c1. The first-order chi connectivity index (χ1) is 15.0. The van der Waals surface area contributed by atoms with Crippen LogP contribution in [0.25, 0.3) is 11.3 Å². The summed E-state index contributed by atoms with van der Waals surface area (Å²) in [4.78, 5) is 2.22. The molecule has 0 radical (unpaired) electrons. The number of hydrogen-bond donors (Lipinski definition) is 1. The van der Waals surface area contributed by atoms with Crippen molar-refractivity contribution in [2.24, 2.45) is 0 Å². The van der Waals surface area contributed by atoms with Crippen LogP contribution in [0.1, 0.15) is 5.56 Å². The molecule has 0 saturated carbocycles. The highest BCUT2D eigenvalue weighted by atomic mass is 32.2. The number of hydrogen-bond acceptors (Lipinski definition) is 7. The molecule has 1 fully saturated rings. The first-order valence-corrected chi connectivity index (χ1v) is 11.4. The predicted molar refractivity (Wildman–Crippen MR) is 119 cm³/mol. The number of rotatable bonds is 6. The molecule has 0 atom stereocenters. The van der Waals surface area contributed by atoms with Crippen molar-refractivity contribution in [3.8, 4) is 17.0 Å². The molecule has 1 aliphatic heterocycles. The lowest BCUT2D eigenvalue weighted by Gasteiger charge is -2.27. The average Bonchev–Trinajstić information content (AvgIpc) is 2.80. The topological polar surface area (TPSA) is 93.7 Å². The molecule has 0 spiro atoms. The number of anilines is 2. The Labute approximate surface area is 181 Å². The van der Waals surface area contributed by atoms with Crippen LogP contribution in [0.5, 0.6) is 5.75 Å². The van der Waals surface area contributed by atoms with Gasteiger partial charge in [-0.15, -0.1) is 10.2 Å². The van der Waals surface area contributed by atoms with E-state index in [1.54, 1.807) is 36.4 Å². The zero-order valence-electron chi connectivity index (χ0n) is 17.4. The van der Waals surface area contributed by atoms with Crippen molar-refractivity contribution in [2.45, 2.75) is 11.8 Å². The second kappa shape index (κ2) is 8.91. The van der Waals surface area contributed by atoms with Gasteiger partial charge in [0.25, 0.3) is 10.0 Å². The first-order valence-electron chi connectivity index (χ1n) is 9.90. The number of benzene rings is 2. The molecule has 2 heterocycles. The van der Waals surface area contributed by atoms with E-state index < -0.39 is 10.0 Å². The maximum atomic E-state index is 13.0. The van der Waals surface area contributed by atoms with Crippen LogP contribution >= 0.6 is 0 Å². The molecule has 8 nitrogen and oxygen atoms in total. The number of sulfonamides is 1. The van der Waals surface area contributed by atoms with Gasteiger partial charge < -0.3 is 14.4 Å². The molecule has 4 rings (SSSR count). The number of aromatic nitrogens is 2. The molecule has 0 bridgehead atoms. The molecule has 3 aromatic rings. The van der Waals surface area contributed by atoms with Gasteiger partial charge in [0.15, 0.2) is 5.82 Å². The maximum Gasteiger partial charge on any atom is 0.265 e. The van der Waals surface area contributed by atoms with Gasteiger partial charge in [0.05, 0.1) is 26.0 Å². The van der Waals surface area contributed by atoms with Gasteiger partial charge in [-0.25, -0.2) is 8.42 Å². The highest BCUT2D eigenvalue weighted by molar-refractivity contribution is 7.92. The smallest absolute Gasteiger partial charge is 0.265 e. The Morgan fingerprint density at radius 1 is 1.03 bits per heavy atom. The lowest BCUT2D eigenvalue weighted by molar-refractivity contribution is 0.122. The number of aryl methyl sites for hydroxylation is 1. The molecule has 31 heavy (non-hydrogen) atoms. The van der Waals surface area contributed by atoms with Crippen LogP contribution in [0, 0.1) is 6.92 Å². The van der Waals surface area contributed by atoms with Gasteiger partial charge in [0.1, 0.15) is 10.6 Å². The maximum absolute atomic E-state index is 13.0. The predicted octanol–water partition coefficient (Wildman–Crippen LogP) is 3.10. The van der Waals surface area contributed by atoms with Crippen molar-refractivity contribution in [1.82, 2.24) is 10.2 Å². The van der Waals surface area contributed by atoms with E-state index in [0.29, 0.717) is 30.3 Å². The largest absolute Gasteiger partial charge is 0.495 e. The summed E-state index contributed by atoms with van der Waals surface area (Å²) in [7, 11) is -2.38. The number of nitrogens with one attached hydrogen (secondary N) is 1. The van der Waals surface area contributed by atoms with Gasteiger partial charge in [-0.05, 0) is 48.9 Å². The Bertz CT molecular complexity index is 1160. The molecule has 1 N–H and O–H groups in total. The Balaban J connectivity index is 1.57. The van der Waals surface area contributed by atoms with Gasteiger partial charge in [-0.1, -0.05) is 18.2 Å². The monoisotopic (exact) mass is 440 g/mol. The Kier molecular flexibility index (Phi) is 6.06. The van der Waals surface area contributed by atoms with Crippen molar-refractivity contribution >= 4 is 21.5 Å². The Hall–Kier alpha value is -3.17. The number of morpholine rings is 1. The normalized spacial score (nSPS) is 14.3. The third kappa shape index (κ3) is 4.78. The standard InChI is InChI=1S/C22H24N4O4S/c1-16-6-8-20(29-2)21(14-16)31(27,28)25-18-5-3-4-17(15-18)19-7-9-22(24-23-19)26-10-12-30-13-11-26/h3-9,14-15,25H,10-13H2,1-2H3. The lowest BCUT2D eigenvalue weighted by Crippen LogP contribution is -2.36. The van der Waals surface area contributed by atoms with E-state index in [2.05, 4.69) is 19.8 Å². The molecule has 0 unspecified atom stereocenters. The van der Waals surface area contributed by atoms with E-state index >= 15 is 0 Å². The fraction of sp³-hybridized carbons (Fsp3) is 0.273. The number of methoxy groups -OCH3 is 1. The van der Waals surface area contributed by atoms with E-state index in [1.807, 2.05) is 25.1 Å². The summed E-state index contributed by atoms with van der Waals surface area (Å²) in [6.45, 7) is 4.76. The van der Waals surface area contributed by atoms with Gasteiger partial charge in [0, 0.05) is 24.3 Å². The van der Waals surface area contributed by atoms with E-state index in [4.69, 9.17) is 9.47 Å². The van der Waals surface area contributed by atoms with Crippen LogP contribution in [0.3, 0.4) is 0 Å². The van der Waals surface area contributed by atoms with Crippen LogP contribution in [0.15, 0.2) is 59.5 Å². The van der Waals surface area contributed by atoms with Crippen LogP contribution in [-0.4, -0.2) is 52.0 Å². The van der Waals surface area contributed by atoms with Crippen molar-refractivity contribution in [3.05, 3.63) is 60.2 Å². The van der Waals surface area contributed by atoms with Crippen molar-refractivity contribution in [1.29, 1.82) is 0 Å². The Morgan fingerprint density at radius 3 is 2.55 bits per heavy atom. The van der Waals surface area contributed by atoms with Gasteiger partial charge in [0.2, 0.25) is 0 Å². The van der Waals surface area contributed by atoms with Gasteiger partial charge >= 0.3 is 0 Å². The molecule has 0 amide bonds. The summed E-state index contributed by atoms with van der Waals surface area (Å²) in [6, 6.07) is 15.9. The zero-order valence-corrected chi connectivity index (χ0v) is 18.2. The fourth-order valence-corrected chi connectivity index (χ4v) is 4.69. The summed E-state index contributed by atoms with van der Waals surface area (Å²) in [6.07, 6.45) is 0. The molecule has 0 aliphatic carbocycles. The highest BCUT2D eigenvalue weighted by Crippen LogP contribution is 2.28. The minimum atomic E-state index is -3.83. The number of nitrogens with zero attached hydrogens (tertiary/aromatic N) is 3. The van der Waals surface area contributed by atoms with E-state index in [-0.39, 0.29) is 4.90 Å². The third-order valence-corrected chi connectivity index (χ3v) is 6.41. The highest BCUT2D eigenvalue weighted by Gasteiger charge is 2.20. The van der Waals surface area contributed by atoms with Crippen molar-refractivity contribution in [3.63, 3.8) is 0 Å². The van der Waals surface area contributed by atoms with Crippen LogP contribution in [0.2, 0.25) is 0 Å². The Morgan fingerprint density at radius 2 is 1.84 bits per heavy atom. The quantitative estimate of drug-likeness (QED) is 0.629. The van der Waals surface area contributed by atoms with E-state index in [0.717, 1.165) is 30.0 Å². The zero-order chi connectivity index (χ0) is 21.8. The van der Waals surface area contributed by atoms with E-state index in [9.17, 15) is 8.42 Å². The van der Waals surface area contributed by atoms with Crippen LogP contribution in [0.4, 0.5) is 11.5 Å². The van der Waals surface area contributed by atoms with Crippen molar-refractivity contribution in [2.75, 3.05) is 43.0 Å². The molecule has 1 aliphatic rings. The minimum absolute atomic E-state index is 0.0926. The summed E-state index contributed by atoms with van der Waals surface area (Å²) in [5.74, 6) is 1.09. The minimum Gasteiger partial charge on any atom is -0.495 e. The van der Waals surface area contributed by atoms with Gasteiger partial charge in [-0.2, -0.15) is 0 Å². The number of ether oxygens (including phenoxy) is 2. The lowest BCUT2D eigenvalue weighted by atomic mass is 10.1. The average molecular weight is 441 g/mol. The summed E-state index contributed by atoms with van der Waals surface area (Å²) in [5.41, 5.74) is 2.68. The molecule has 1 aromatic heterocycles. The van der Waals surface area contributed by atoms with Crippen LogP contribution < -0.4 is 14.4 Å². The summed E-state index contributed by atoms with van der Waals surface area (Å²) < 4.78 is 39.2. The van der Waals surface area contributed by atoms with Gasteiger partial charge in [-0.3, -0.25) is 4.72 Å². The summed E-state index contributed by atoms with van der Waals surface area (Å²) in [5, 5.41) is 8.66. The molecule has 9 heteroatoms. The first kappa shape index (κ1) is 21.1. The van der Waals surface area contributed by atoms with Crippen molar-refractivity contribution < 1.29 is 17.9 Å².